The first-order chi connectivity index (χ1) is 16.9. The molecule has 3 rings (SSSR count). The summed E-state index contributed by atoms with van der Waals surface area (Å²) in [5, 5.41) is 5.81. The molecule has 0 fully saturated rings. The van der Waals surface area contributed by atoms with Crippen LogP contribution in [-0.2, 0) is 12.6 Å². The standard InChI is InChI=1S/C27H33F3N4O/c1-3-5-7-8-17-35-23-15-13-21(14-16-23)33-26-31-19-24(27(28,29)30)25(34-26)32-22-12-9-11-20(18-22)10-6-4-2/h9,11-16,18-19H,3-8,10,17H2,1-2H3,(H2,31,32,33,34). The predicted molar refractivity (Wildman–Crippen MR) is 135 cm³/mol. The van der Waals surface area contributed by atoms with Gasteiger partial charge in [0, 0.05) is 17.6 Å². The fourth-order valence-electron chi connectivity index (χ4n) is 3.55. The number of nitrogens with one attached hydrogen (secondary N) is 2. The van der Waals surface area contributed by atoms with Gasteiger partial charge in [0.1, 0.15) is 17.1 Å². The Kier molecular flexibility index (Phi) is 9.76. The van der Waals surface area contributed by atoms with Crippen molar-refractivity contribution in [2.24, 2.45) is 0 Å². The summed E-state index contributed by atoms with van der Waals surface area (Å²) in [6.45, 7) is 4.92. The van der Waals surface area contributed by atoms with Crippen LogP contribution in [0.3, 0.4) is 0 Å². The van der Waals surface area contributed by atoms with E-state index in [4.69, 9.17) is 4.74 Å². The Bertz CT molecular complexity index is 1060. The number of aromatic nitrogens is 2. The van der Waals surface area contributed by atoms with Crippen molar-refractivity contribution in [3.63, 3.8) is 0 Å². The molecule has 1 heterocycles. The minimum absolute atomic E-state index is 0.0656. The number of hydrogen-bond donors (Lipinski definition) is 2. The topological polar surface area (TPSA) is 59.1 Å². The zero-order chi connectivity index (χ0) is 25.1. The number of halogens is 3. The van der Waals surface area contributed by atoms with Crippen LogP contribution in [0.5, 0.6) is 5.75 Å². The van der Waals surface area contributed by atoms with E-state index < -0.39 is 11.7 Å². The van der Waals surface area contributed by atoms with E-state index in [1.807, 2.05) is 30.3 Å². The minimum Gasteiger partial charge on any atom is -0.494 e. The quantitative estimate of drug-likeness (QED) is 0.238. The molecule has 0 aliphatic heterocycles. The van der Waals surface area contributed by atoms with Crippen LogP contribution < -0.4 is 15.4 Å². The Morgan fingerprint density at radius 1 is 0.857 bits per heavy atom. The minimum atomic E-state index is -4.59. The van der Waals surface area contributed by atoms with Crippen LogP contribution in [0, 0.1) is 0 Å². The second-order valence-corrected chi connectivity index (χ2v) is 8.44. The molecule has 0 atom stereocenters. The maximum Gasteiger partial charge on any atom is 0.421 e. The van der Waals surface area contributed by atoms with E-state index in [2.05, 4.69) is 34.4 Å². The Morgan fingerprint density at radius 3 is 2.34 bits per heavy atom. The smallest absolute Gasteiger partial charge is 0.421 e. The number of ether oxygens (including phenoxy) is 1. The molecular formula is C27H33F3N4O. The molecule has 0 amide bonds. The molecular weight excluding hydrogens is 453 g/mol. The van der Waals surface area contributed by atoms with Gasteiger partial charge in [0.15, 0.2) is 0 Å². The van der Waals surface area contributed by atoms with Gasteiger partial charge in [-0.1, -0.05) is 51.7 Å². The van der Waals surface area contributed by atoms with E-state index in [9.17, 15) is 13.2 Å². The predicted octanol–water partition coefficient (Wildman–Crippen LogP) is 8.28. The number of alkyl halides is 3. The first-order valence-corrected chi connectivity index (χ1v) is 12.2. The van der Waals surface area contributed by atoms with Gasteiger partial charge in [0.25, 0.3) is 0 Å². The summed E-state index contributed by atoms with van der Waals surface area (Å²) in [6.07, 6.45) is 3.65. The SMILES string of the molecule is CCCCCCOc1ccc(Nc2ncc(C(F)(F)F)c(Nc3cccc(CCCC)c3)n2)cc1. The Hall–Kier alpha value is -3.29. The molecule has 2 N–H and O–H groups in total. The van der Waals surface area contributed by atoms with E-state index in [0.29, 0.717) is 18.0 Å². The first kappa shape index (κ1) is 26.3. The van der Waals surface area contributed by atoms with Gasteiger partial charge < -0.3 is 15.4 Å². The van der Waals surface area contributed by atoms with Gasteiger partial charge >= 0.3 is 6.18 Å². The molecule has 0 aliphatic carbocycles. The van der Waals surface area contributed by atoms with E-state index in [-0.39, 0.29) is 11.8 Å². The van der Waals surface area contributed by atoms with Crippen molar-refractivity contribution in [1.29, 1.82) is 0 Å². The van der Waals surface area contributed by atoms with Crippen LogP contribution in [0.25, 0.3) is 0 Å². The average molecular weight is 487 g/mol. The van der Waals surface area contributed by atoms with E-state index in [1.54, 1.807) is 18.2 Å². The molecule has 0 saturated carbocycles. The van der Waals surface area contributed by atoms with Gasteiger partial charge in [-0.15, -0.1) is 0 Å². The molecule has 5 nitrogen and oxygen atoms in total. The Labute approximate surface area is 205 Å². The van der Waals surface area contributed by atoms with Crippen LogP contribution in [0.1, 0.15) is 63.5 Å². The third kappa shape index (κ3) is 8.46. The highest BCUT2D eigenvalue weighted by Gasteiger charge is 2.35. The van der Waals surface area contributed by atoms with Crippen LogP contribution >= 0.6 is 0 Å². The number of benzene rings is 2. The molecule has 2 aromatic carbocycles. The van der Waals surface area contributed by atoms with Crippen LogP contribution in [0.15, 0.2) is 54.7 Å². The normalized spacial score (nSPS) is 11.3. The fraction of sp³-hybridized carbons (Fsp3) is 0.407. The molecule has 0 bridgehead atoms. The summed E-state index contributed by atoms with van der Waals surface area (Å²) in [4.78, 5) is 8.03. The van der Waals surface area contributed by atoms with Crippen molar-refractivity contribution in [2.75, 3.05) is 17.2 Å². The monoisotopic (exact) mass is 486 g/mol. The van der Waals surface area contributed by atoms with Gasteiger partial charge in [0.2, 0.25) is 5.95 Å². The van der Waals surface area contributed by atoms with Crippen molar-refractivity contribution in [3.8, 4) is 5.75 Å². The maximum absolute atomic E-state index is 13.6. The summed E-state index contributed by atoms with van der Waals surface area (Å²) in [5.74, 6) is 0.510. The molecule has 0 radical (unpaired) electrons. The second-order valence-electron chi connectivity index (χ2n) is 8.44. The van der Waals surface area contributed by atoms with Crippen molar-refractivity contribution in [1.82, 2.24) is 9.97 Å². The zero-order valence-electron chi connectivity index (χ0n) is 20.3. The average Bonchev–Trinajstić information content (AvgIpc) is 2.83. The van der Waals surface area contributed by atoms with Crippen LogP contribution in [0.4, 0.5) is 36.3 Å². The van der Waals surface area contributed by atoms with E-state index in [0.717, 1.165) is 49.6 Å². The molecule has 35 heavy (non-hydrogen) atoms. The summed E-state index contributed by atoms with van der Waals surface area (Å²) < 4.78 is 46.6. The molecule has 8 heteroatoms. The molecule has 0 saturated heterocycles. The lowest BCUT2D eigenvalue weighted by Crippen LogP contribution is -2.12. The summed E-state index contributed by atoms with van der Waals surface area (Å²) in [7, 11) is 0. The first-order valence-electron chi connectivity index (χ1n) is 12.2. The molecule has 1 aromatic heterocycles. The van der Waals surface area contributed by atoms with Crippen LogP contribution in [0.2, 0.25) is 0 Å². The van der Waals surface area contributed by atoms with Gasteiger partial charge in [-0.25, -0.2) is 4.98 Å². The zero-order valence-corrected chi connectivity index (χ0v) is 20.3. The largest absolute Gasteiger partial charge is 0.494 e. The lowest BCUT2D eigenvalue weighted by atomic mass is 10.1. The number of unbranched alkanes of at least 4 members (excludes halogenated alkanes) is 4. The highest BCUT2D eigenvalue weighted by Crippen LogP contribution is 2.35. The van der Waals surface area contributed by atoms with Gasteiger partial charge in [-0.05, 0) is 61.2 Å². The maximum atomic E-state index is 13.6. The van der Waals surface area contributed by atoms with Crippen molar-refractivity contribution in [2.45, 2.75) is 65.0 Å². The molecule has 0 unspecified atom stereocenters. The van der Waals surface area contributed by atoms with E-state index >= 15 is 0 Å². The number of hydrogen-bond acceptors (Lipinski definition) is 5. The highest BCUT2D eigenvalue weighted by atomic mass is 19.4. The lowest BCUT2D eigenvalue weighted by Gasteiger charge is -2.15. The van der Waals surface area contributed by atoms with Crippen molar-refractivity contribution >= 4 is 23.1 Å². The molecule has 0 aliphatic rings. The summed E-state index contributed by atoms with van der Waals surface area (Å²) in [5.41, 5.74) is 1.34. The van der Waals surface area contributed by atoms with Crippen LogP contribution in [-0.4, -0.2) is 16.6 Å². The van der Waals surface area contributed by atoms with Crippen molar-refractivity contribution in [3.05, 3.63) is 65.9 Å². The fourth-order valence-corrected chi connectivity index (χ4v) is 3.55. The molecule has 0 spiro atoms. The van der Waals surface area contributed by atoms with Gasteiger partial charge in [-0.3, -0.25) is 0 Å². The van der Waals surface area contributed by atoms with Gasteiger partial charge in [-0.2, -0.15) is 18.2 Å². The third-order valence-electron chi connectivity index (χ3n) is 5.48. The lowest BCUT2D eigenvalue weighted by molar-refractivity contribution is -0.137. The molecule has 3 aromatic rings. The summed E-state index contributed by atoms with van der Waals surface area (Å²) in [6, 6.07) is 14.6. The van der Waals surface area contributed by atoms with Crippen molar-refractivity contribution < 1.29 is 17.9 Å². The Balaban J connectivity index is 1.72. The summed E-state index contributed by atoms with van der Waals surface area (Å²) >= 11 is 0. The number of anilines is 4. The number of nitrogens with zero attached hydrogens (tertiary/aromatic N) is 2. The Morgan fingerprint density at radius 2 is 1.63 bits per heavy atom. The molecule has 188 valence electrons. The second kappa shape index (κ2) is 13.0. The van der Waals surface area contributed by atoms with E-state index in [1.165, 1.54) is 12.8 Å². The highest BCUT2D eigenvalue weighted by molar-refractivity contribution is 5.63. The number of rotatable bonds is 13. The third-order valence-corrected chi connectivity index (χ3v) is 5.48. The number of aryl methyl sites for hydroxylation is 1. The van der Waals surface area contributed by atoms with Gasteiger partial charge in [0.05, 0.1) is 6.61 Å².